The second-order valence-corrected chi connectivity index (χ2v) is 2.17. The number of nitrogens with one attached hydrogen (secondary N) is 1. The molecule has 1 rings (SSSR count). The molecule has 0 aliphatic carbocycles. The van der Waals surface area contributed by atoms with E-state index in [0.717, 1.165) is 0 Å². The highest BCUT2D eigenvalue weighted by Gasteiger charge is 2.08. The van der Waals surface area contributed by atoms with E-state index in [-0.39, 0.29) is 11.1 Å². The third-order valence-electron chi connectivity index (χ3n) is 1.45. The fraction of sp³-hybridized carbons (Fsp3) is 0. The minimum absolute atomic E-state index is 0.0787. The standard InChI is InChI=1S/C9H4N4/c10-4-7(5-11)8(6-12)9-2-1-3-13-9/h1-3,13H. The Kier molecular flexibility index (Phi) is 2.48. The van der Waals surface area contributed by atoms with Crippen molar-refractivity contribution in [1.29, 1.82) is 15.8 Å². The fourth-order valence-corrected chi connectivity index (χ4v) is 0.873. The normalized spacial score (nSPS) is 7.77. The molecule has 0 bridgehead atoms. The first-order valence-electron chi connectivity index (χ1n) is 3.41. The molecule has 4 heteroatoms. The van der Waals surface area contributed by atoms with E-state index in [1.807, 2.05) is 6.07 Å². The molecular weight excluding hydrogens is 164 g/mol. The molecule has 13 heavy (non-hydrogen) atoms. The third-order valence-corrected chi connectivity index (χ3v) is 1.45. The van der Waals surface area contributed by atoms with Gasteiger partial charge in [0, 0.05) is 6.20 Å². The second-order valence-electron chi connectivity index (χ2n) is 2.17. The van der Waals surface area contributed by atoms with Gasteiger partial charge in [0.1, 0.15) is 29.4 Å². The molecule has 1 heterocycles. The molecule has 4 nitrogen and oxygen atoms in total. The van der Waals surface area contributed by atoms with Crippen molar-refractivity contribution in [2.45, 2.75) is 0 Å². The van der Waals surface area contributed by atoms with E-state index in [4.69, 9.17) is 15.8 Å². The molecule has 0 saturated heterocycles. The molecule has 0 spiro atoms. The topological polar surface area (TPSA) is 87.2 Å². The minimum atomic E-state index is -0.176. The molecule has 1 N–H and O–H groups in total. The molecule has 0 fully saturated rings. The maximum absolute atomic E-state index is 8.70. The number of nitrogens with zero attached hydrogens (tertiary/aromatic N) is 3. The van der Waals surface area contributed by atoms with Gasteiger partial charge in [-0.05, 0) is 12.1 Å². The Bertz CT molecular complexity index is 429. The van der Waals surface area contributed by atoms with Crippen LogP contribution in [0.25, 0.3) is 5.57 Å². The number of aromatic nitrogens is 1. The van der Waals surface area contributed by atoms with Crippen LogP contribution in [0.1, 0.15) is 5.69 Å². The van der Waals surface area contributed by atoms with Crippen LogP contribution in [0.2, 0.25) is 0 Å². The Morgan fingerprint density at radius 3 is 2.23 bits per heavy atom. The van der Waals surface area contributed by atoms with Gasteiger partial charge in [-0.25, -0.2) is 0 Å². The summed E-state index contributed by atoms with van der Waals surface area (Å²) in [7, 11) is 0. The van der Waals surface area contributed by atoms with E-state index in [1.54, 1.807) is 30.5 Å². The van der Waals surface area contributed by atoms with Crippen molar-refractivity contribution in [3.05, 3.63) is 29.6 Å². The van der Waals surface area contributed by atoms with Gasteiger partial charge in [0.2, 0.25) is 0 Å². The summed E-state index contributed by atoms with van der Waals surface area (Å²) in [6.45, 7) is 0. The summed E-state index contributed by atoms with van der Waals surface area (Å²) >= 11 is 0. The van der Waals surface area contributed by atoms with Gasteiger partial charge >= 0.3 is 0 Å². The highest BCUT2D eigenvalue weighted by atomic mass is 14.7. The zero-order valence-corrected chi connectivity index (χ0v) is 6.57. The third kappa shape index (κ3) is 1.56. The van der Waals surface area contributed by atoms with Gasteiger partial charge in [-0.1, -0.05) is 0 Å². The summed E-state index contributed by atoms with van der Waals surface area (Å²) in [5, 5.41) is 25.8. The van der Waals surface area contributed by atoms with Crippen molar-refractivity contribution in [2.24, 2.45) is 0 Å². The van der Waals surface area contributed by atoms with Crippen molar-refractivity contribution in [3.63, 3.8) is 0 Å². The maximum Gasteiger partial charge on any atom is 0.149 e. The Labute approximate surface area is 75.0 Å². The average molecular weight is 168 g/mol. The van der Waals surface area contributed by atoms with Gasteiger partial charge in [-0.15, -0.1) is 0 Å². The molecular formula is C9H4N4. The monoisotopic (exact) mass is 168 g/mol. The van der Waals surface area contributed by atoms with E-state index in [9.17, 15) is 0 Å². The second kappa shape index (κ2) is 3.76. The predicted molar refractivity (Wildman–Crippen MR) is 44.6 cm³/mol. The lowest BCUT2D eigenvalue weighted by atomic mass is 10.1. The summed E-state index contributed by atoms with van der Waals surface area (Å²) in [5.74, 6) is 0. The molecule has 0 atom stereocenters. The number of allylic oxidation sites excluding steroid dienone is 2. The quantitative estimate of drug-likeness (QED) is 0.641. The van der Waals surface area contributed by atoms with Crippen molar-refractivity contribution in [2.75, 3.05) is 0 Å². The SMILES string of the molecule is N#CC(C#N)=C(C#N)c1ccc[nH]1. The lowest BCUT2D eigenvalue weighted by Gasteiger charge is -1.91. The zero-order chi connectivity index (χ0) is 9.68. The van der Waals surface area contributed by atoms with Gasteiger partial charge in [0.05, 0.1) is 5.69 Å². The zero-order valence-electron chi connectivity index (χ0n) is 6.57. The number of hydrogen-bond donors (Lipinski definition) is 1. The predicted octanol–water partition coefficient (Wildman–Crippen LogP) is 1.34. The molecule has 0 radical (unpaired) electrons. The van der Waals surface area contributed by atoms with Gasteiger partial charge < -0.3 is 4.98 Å². The first-order chi connectivity index (χ1) is 6.33. The molecule has 1 aromatic rings. The van der Waals surface area contributed by atoms with Crippen LogP contribution in [-0.4, -0.2) is 4.98 Å². The number of H-pyrrole nitrogens is 1. The molecule has 0 aromatic carbocycles. The minimum Gasteiger partial charge on any atom is -0.361 e. The van der Waals surface area contributed by atoms with Crippen LogP contribution < -0.4 is 0 Å². The van der Waals surface area contributed by atoms with Crippen LogP contribution in [0.15, 0.2) is 23.9 Å². The van der Waals surface area contributed by atoms with Crippen molar-refractivity contribution >= 4 is 5.57 Å². The van der Waals surface area contributed by atoms with Gasteiger partial charge in [0.15, 0.2) is 0 Å². The van der Waals surface area contributed by atoms with Crippen LogP contribution in [0.4, 0.5) is 0 Å². The number of hydrogen-bond acceptors (Lipinski definition) is 3. The molecule has 0 aliphatic rings. The summed E-state index contributed by atoms with van der Waals surface area (Å²) in [6, 6.07) is 8.47. The highest BCUT2D eigenvalue weighted by Crippen LogP contribution is 2.14. The summed E-state index contributed by atoms with van der Waals surface area (Å²) in [6.07, 6.45) is 1.62. The Balaban J connectivity index is 3.32. The number of rotatable bonds is 1. The molecule has 60 valence electrons. The van der Waals surface area contributed by atoms with E-state index < -0.39 is 0 Å². The summed E-state index contributed by atoms with van der Waals surface area (Å²) in [4.78, 5) is 2.75. The molecule has 0 unspecified atom stereocenters. The van der Waals surface area contributed by atoms with Crippen LogP contribution >= 0.6 is 0 Å². The Morgan fingerprint density at radius 2 is 1.85 bits per heavy atom. The smallest absolute Gasteiger partial charge is 0.149 e. The van der Waals surface area contributed by atoms with Crippen molar-refractivity contribution in [3.8, 4) is 18.2 Å². The Hall–Kier alpha value is -2.51. The van der Waals surface area contributed by atoms with E-state index in [1.165, 1.54) is 0 Å². The molecule has 0 amide bonds. The largest absolute Gasteiger partial charge is 0.361 e. The first-order valence-corrected chi connectivity index (χ1v) is 3.41. The van der Waals surface area contributed by atoms with Crippen molar-refractivity contribution < 1.29 is 0 Å². The summed E-state index contributed by atoms with van der Waals surface area (Å²) in [5.41, 5.74) is 0.389. The van der Waals surface area contributed by atoms with Crippen LogP contribution in [0.3, 0.4) is 0 Å². The fourth-order valence-electron chi connectivity index (χ4n) is 0.873. The Morgan fingerprint density at radius 1 is 1.15 bits per heavy atom. The molecule has 0 aliphatic heterocycles. The lowest BCUT2D eigenvalue weighted by molar-refractivity contribution is 1.34. The van der Waals surface area contributed by atoms with Gasteiger partial charge in [0.25, 0.3) is 0 Å². The highest BCUT2D eigenvalue weighted by molar-refractivity contribution is 5.82. The van der Waals surface area contributed by atoms with Crippen LogP contribution in [-0.2, 0) is 0 Å². The van der Waals surface area contributed by atoms with E-state index in [0.29, 0.717) is 5.69 Å². The first kappa shape index (κ1) is 8.59. The van der Waals surface area contributed by atoms with Crippen LogP contribution in [0.5, 0.6) is 0 Å². The maximum atomic E-state index is 8.70. The van der Waals surface area contributed by atoms with Gasteiger partial charge in [-0.2, -0.15) is 15.8 Å². The van der Waals surface area contributed by atoms with Gasteiger partial charge in [-0.3, -0.25) is 0 Å². The van der Waals surface area contributed by atoms with Crippen molar-refractivity contribution in [1.82, 2.24) is 4.98 Å². The number of nitriles is 3. The number of aromatic amines is 1. The lowest BCUT2D eigenvalue weighted by Crippen LogP contribution is -1.85. The van der Waals surface area contributed by atoms with Crippen LogP contribution in [0, 0.1) is 34.0 Å². The molecule has 0 saturated carbocycles. The average Bonchev–Trinajstić information content (AvgIpc) is 2.66. The summed E-state index contributed by atoms with van der Waals surface area (Å²) < 4.78 is 0. The van der Waals surface area contributed by atoms with E-state index in [2.05, 4.69) is 4.98 Å². The molecule has 1 aromatic heterocycles. The van der Waals surface area contributed by atoms with E-state index >= 15 is 0 Å².